The van der Waals surface area contributed by atoms with E-state index in [9.17, 15) is 0 Å². The number of unbranched alkanes of at least 4 members (excludes halogenated alkanes) is 1. The zero-order valence-electron chi connectivity index (χ0n) is 8.80. The SMILES string of the molecule is CCCC[n+]1ccn(C)c1.O=[P](=O)[Mo].[Br-]. The van der Waals surface area contributed by atoms with Crippen LogP contribution in [0.4, 0.5) is 0 Å². The summed E-state index contributed by atoms with van der Waals surface area (Å²) in [6, 6.07) is 0. The van der Waals surface area contributed by atoms with E-state index in [0.717, 1.165) is 25.9 Å². The van der Waals surface area contributed by atoms with Gasteiger partial charge in [-0.05, 0) is 6.42 Å². The van der Waals surface area contributed by atoms with Crippen molar-refractivity contribution in [3.8, 4) is 0 Å². The van der Waals surface area contributed by atoms with Gasteiger partial charge in [-0.15, -0.1) is 0 Å². The predicted octanol–water partition coefficient (Wildman–Crippen LogP) is -1.26. The molecule has 1 aromatic rings. The molecule has 1 heterocycles. The number of rotatable bonds is 3. The average molecular weight is 378 g/mol. The predicted molar refractivity (Wildman–Crippen MR) is 48.8 cm³/mol. The molecule has 0 saturated carbocycles. The van der Waals surface area contributed by atoms with E-state index in [1.165, 1.54) is 12.8 Å². The van der Waals surface area contributed by atoms with Crippen LogP contribution in [0.1, 0.15) is 19.8 Å². The summed E-state index contributed by atoms with van der Waals surface area (Å²) in [6.07, 6.45) is 8.82. The molecule has 0 aromatic carbocycles. The van der Waals surface area contributed by atoms with Gasteiger partial charge in [0, 0.05) is 0 Å². The number of imidazole rings is 1. The van der Waals surface area contributed by atoms with Gasteiger partial charge in [0.1, 0.15) is 12.4 Å². The molecule has 0 unspecified atom stereocenters. The second-order valence-electron chi connectivity index (χ2n) is 2.89. The number of hydrogen-bond donors (Lipinski definition) is 0. The Labute approximate surface area is 112 Å². The Bertz CT molecular complexity index is 320. The molecule has 0 atom stereocenters. The molecule has 4 nitrogen and oxygen atoms in total. The van der Waals surface area contributed by atoms with Gasteiger partial charge in [0.05, 0.1) is 13.6 Å². The van der Waals surface area contributed by atoms with Crippen LogP contribution in [0, 0.1) is 0 Å². The zero-order chi connectivity index (χ0) is 11.0. The molecular formula is C8H15BrMoN2O2P. The van der Waals surface area contributed by atoms with Crippen molar-refractivity contribution in [3.05, 3.63) is 18.7 Å². The molecule has 0 bridgehead atoms. The molecule has 0 radical (unpaired) electrons. The van der Waals surface area contributed by atoms with Gasteiger partial charge in [0.25, 0.3) is 0 Å². The van der Waals surface area contributed by atoms with Crippen LogP contribution in [0.3, 0.4) is 0 Å². The Balaban J connectivity index is 0. The summed E-state index contributed by atoms with van der Waals surface area (Å²) in [5.41, 5.74) is 0. The number of nitrogens with zero attached hydrogens (tertiary/aromatic N) is 2. The molecule has 87 valence electrons. The summed E-state index contributed by atoms with van der Waals surface area (Å²) in [4.78, 5) is 0. The van der Waals surface area contributed by atoms with Gasteiger partial charge in [-0.1, -0.05) is 13.3 Å². The van der Waals surface area contributed by atoms with E-state index < -0.39 is 5.77 Å². The summed E-state index contributed by atoms with van der Waals surface area (Å²) < 4.78 is 22.4. The third-order valence-corrected chi connectivity index (χ3v) is 1.59. The Morgan fingerprint density at radius 2 is 2.00 bits per heavy atom. The van der Waals surface area contributed by atoms with E-state index in [1.807, 2.05) is 7.05 Å². The van der Waals surface area contributed by atoms with E-state index in [1.54, 1.807) is 0 Å². The average Bonchev–Trinajstić information content (AvgIpc) is 2.47. The van der Waals surface area contributed by atoms with Crippen molar-refractivity contribution < 1.29 is 50.0 Å². The minimum Gasteiger partial charge on any atom is -1.00 e. The van der Waals surface area contributed by atoms with E-state index in [-0.39, 0.29) is 17.0 Å². The maximum Gasteiger partial charge on any atom is -1.00 e. The third kappa shape index (κ3) is 12.2. The largest absolute Gasteiger partial charge is 1.00 e. The molecule has 15 heavy (non-hydrogen) atoms. The zero-order valence-corrected chi connectivity index (χ0v) is 13.3. The fourth-order valence-corrected chi connectivity index (χ4v) is 0.975. The molecule has 7 heteroatoms. The van der Waals surface area contributed by atoms with Crippen molar-refractivity contribution in [1.82, 2.24) is 4.57 Å². The number of aryl methyl sites for hydroxylation is 2. The number of hydrogen-bond acceptors (Lipinski definition) is 2. The summed E-state index contributed by atoms with van der Waals surface area (Å²) in [5.74, 6) is -2.11. The topological polar surface area (TPSA) is 43.0 Å². The molecule has 1 rings (SSSR count). The molecule has 1 aromatic heterocycles. The molecule has 0 amide bonds. The van der Waals surface area contributed by atoms with Crippen molar-refractivity contribution in [2.24, 2.45) is 7.05 Å². The van der Waals surface area contributed by atoms with Crippen molar-refractivity contribution in [1.29, 1.82) is 0 Å². The smallest absolute Gasteiger partial charge is 1.00 e. The summed E-state index contributed by atoms with van der Waals surface area (Å²) in [6.45, 7) is 3.36. The van der Waals surface area contributed by atoms with Crippen LogP contribution >= 0.6 is 5.77 Å². The normalized spacial score (nSPS) is 8.40. The van der Waals surface area contributed by atoms with Crippen LogP contribution in [-0.4, -0.2) is 4.57 Å². The Morgan fingerprint density at radius 1 is 1.47 bits per heavy atom. The molecule has 0 aliphatic carbocycles. The monoisotopic (exact) mass is 379 g/mol. The number of aromatic nitrogens is 2. The van der Waals surface area contributed by atoms with Crippen LogP contribution in [0.2, 0.25) is 0 Å². The van der Waals surface area contributed by atoms with Crippen molar-refractivity contribution in [3.63, 3.8) is 0 Å². The summed E-state index contributed by atoms with van der Waals surface area (Å²) in [7, 11) is 2.04. The van der Waals surface area contributed by atoms with Gasteiger partial charge < -0.3 is 17.0 Å². The second-order valence-corrected chi connectivity index (χ2v) is 5.54. The minimum absolute atomic E-state index is 0. The quantitative estimate of drug-likeness (QED) is 0.375. The maximum absolute atomic E-state index is 9.04. The first-order valence-corrected chi connectivity index (χ1v) is 8.17. The fourth-order valence-electron chi connectivity index (χ4n) is 0.975. The van der Waals surface area contributed by atoms with Crippen LogP contribution in [0.15, 0.2) is 18.7 Å². The summed E-state index contributed by atoms with van der Waals surface area (Å²) >= 11 is 1.06. The van der Waals surface area contributed by atoms with Crippen LogP contribution in [0.25, 0.3) is 0 Å². The van der Waals surface area contributed by atoms with Crippen LogP contribution < -0.4 is 21.5 Å². The van der Waals surface area contributed by atoms with Crippen LogP contribution in [-0.2, 0) is 42.0 Å². The van der Waals surface area contributed by atoms with E-state index in [4.69, 9.17) is 9.13 Å². The number of halogens is 1. The standard InChI is InChI=1S/C8H15N2.BrH.Mo.O2P/c1-3-4-5-10-7-6-9(2)8-10;;;1-3-2/h6-8H,3-5H2,1-2H3;1H;;/q+1;;;/p-1. The van der Waals surface area contributed by atoms with Gasteiger partial charge in [-0.25, -0.2) is 9.13 Å². The van der Waals surface area contributed by atoms with Gasteiger partial charge in [-0.2, -0.15) is 0 Å². The van der Waals surface area contributed by atoms with E-state index >= 15 is 0 Å². The van der Waals surface area contributed by atoms with Gasteiger partial charge in [-0.3, -0.25) is 0 Å². The van der Waals surface area contributed by atoms with Crippen molar-refractivity contribution in [2.45, 2.75) is 26.3 Å². The Hall–Kier alpha value is 0.278. The van der Waals surface area contributed by atoms with Gasteiger partial charge in [0.15, 0.2) is 0 Å². The molecule has 0 spiro atoms. The molecule has 0 aliphatic rings. The van der Waals surface area contributed by atoms with Crippen molar-refractivity contribution in [2.75, 3.05) is 0 Å². The van der Waals surface area contributed by atoms with Gasteiger partial charge >= 0.3 is 34.2 Å². The molecular weight excluding hydrogens is 363 g/mol. The van der Waals surface area contributed by atoms with Crippen molar-refractivity contribution >= 4 is 5.77 Å². The van der Waals surface area contributed by atoms with E-state index in [2.05, 4.69) is 34.8 Å². The molecule has 0 aliphatic heterocycles. The molecule has 0 N–H and O–H groups in total. The fraction of sp³-hybridized carbons (Fsp3) is 0.625. The molecule has 0 fully saturated rings. The first-order chi connectivity index (χ1) is 6.56. The van der Waals surface area contributed by atoms with Gasteiger partial charge in [0.2, 0.25) is 6.33 Å². The first-order valence-electron chi connectivity index (χ1n) is 4.38. The van der Waals surface area contributed by atoms with Crippen LogP contribution in [0.5, 0.6) is 0 Å². The Morgan fingerprint density at radius 3 is 2.33 bits per heavy atom. The second kappa shape index (κ2) is 10.8. The third-order valence-electron chi connectivity index (χ3n) is 1.59. The van der Waals surface area contributed by atoms with E-state index in [0.29, 0.717) is 0 Å². The minimum atomic E-state index is -2.11. The summed E-state index contributed by atoms with van der Waals surface area (Å²) in [5, 5.41) is 0. The Kier molecular flexibility index (Phi) is 12.7. The molecule has 0 saturated heterocycles. The maximum atomic E-state index is 9.04. The first kappa shape index (κ1) is 17.7.